The van der Waals surface area contributed by atoms with Gasteiger partial charge in [-0.25, -0.2) is 0 Å². The van der Waals surface area contributed by atoms with Crippen LogP contribution in [0, 0.1) is 0 Å². The van der Waals surface area contributed by atoms with E-state index in [2.05, 4.69) is 18.9 Å². The summed E-state index contributed by atoms with van der Waals surface area (Å²) in [5, 5.41) is 0.993. The van der Waals surface area contributed by atoms with Gasteiger partial charge in [-0.2, -0.15) is 0 Å². The summed E-state index contributed by atoms with van der Waals surface area (Å²) in [6, 6.07) is 8.39. The summed E-state index contributed by atoms with van der Waals surface area (Å²) < 4.78 is 1.08. The second-order valence-corrected chi connectivity index (χ2v) is 6.69. The van der Waals surface area contributed by atoms with Crippen LogP contribution in [0.15, 0.2) is 24.3 Å². The van der Waals surface area contributed by atoms with Gasteiger partial charge in [0.1, 0.15) is 4.88 Å². The highest BCUT2D eigenvalue weighted by Gasteiger charge is 2.28. The minimum absolute atomic E-state index is 0.0836. The number of fused-ring (bicyclic) bond motifs is 1. The highest BCUT2D eigenvalue weighted by Crippen LogP contribution is 2.34. The molecule has 0 aliphatic carbocycles. The summed E-state index contributed by atoms with van der Waals surface area (Å²) in [6.07, 6.45) is 1.06. The Bertz CT molecular complexity index is 667. The van der Waals surface area contributed by atoms with Crippen molar-refractivity contribution in [2.45, 2.75) is 19.4 Å². The third kappa shape index (κ3) is 2.51. The van der Waals surface area contributed by atoms with E-state index in [0.29, 0.717) is 16.6 Å². The lowest BCUT2D eigenvalue weighted by Crippen LogP contribution is -2.52. The number of rotatable bonds is 2. The number of hydrogen-bond acceptors (Lipinski definition) is 4. The van der Waals surface area contributed by atoms with Gasteiger partial charge in [0.25, 0.3) is 5.91 Å². The molecule has 1 aromatic carbocycles. The van der Waals surface area contributed by atoms with Crippen molar-refractivity contribution in [2.24, 2.45) is 0 Å². The topological polar surface area (TPSA) is 49.6 Å². The number of nitrogens with two attached hydrogens (primary N) is 1. The number of piperazine rings is 1. The molecule has 1 aromatic heterocycles. The summed E-state index contributed by atoms with van der Waals surface area (Å²) in [4.78, 5) is 17.8. The van der Waals surface area contributed by atoms with E-state index in [-0.39, 0.29) is 5.91 Å². The van der Waals surface area contributed by atoms with Crippen LogP contribution in [-0.4, -0.2) is 48.4 Å². The third-order valence-corrected chi connectivity index (χ3v) is 5.54. The molecule has 21 heavy (non-hydrogen) atoms. The molecule has 112 valence electrons. The van der Waals surface area contributed by atoms with E-state index < -0.39 is 0 Å². The van der Waals surface area contributed by atoms with Crippen LogP contribution in [0.25, 0.3) is 10.1 Å². The Morgan fingerprint density at radius 3 is 2.86 bits per heavy atom. The minimum Gasteiger partial charge on any atom is -0.397 e. The number of nitrogen functional groups attached to an aromatic ring is 1. The molecule has 0 spiro atoms. The van der Waals surface area contributed by atoms with Crippen LogP contribution < -0.4 is 5.73 Å². The number of nitrogens with zero attached hydrogens (tertiary/aromatic N) is 2. The molecule has 1 amide bonds. The maximum absolute atomic E-state index is 12.8. The van der Waals surface area contributed by atoms with Crippen molar-refractivity contribution in [1.29, 1.82) is 0 Å². The molecule has 3 rings (SSSR count). The first-order valence-electron chi connectivity index (χ1n) is 7.38. The summed E-state index contributed by atoms with van der Waals surface area (Å²) in [5.41, 5.74) is 6.83. The quantitative estimate of drug-likeness (QED) is 0.928. The van der Waals surface area contributed by atoms with Crippen molar-refractivity contribution in [1.82, 2.24) is 9.80 Å². The van der Waals surface area contributed by atoms with Gasteiger partial charge in [0.15, 0.2) is 0 Å². The van der Waals surface area contributed by atoms with E-state index >= 15 is 0 Å². The molecule has 2 N–H and O–H groups in total. The highest BCUT2D eigenvalue weighted by atomic mass is 32.1. The van der Waals surface area contributed by atoms with Crippen molar-refractivity contribution < 1.29 is 4.79 Å². The smallest absolute Gasteiger partial charge is 0.266 e. The molecule has 4 nitrogen and oxygen atoms in total. The van der Waals surface area contributed by atoms with Gasteiger partial charge >= 0.3 is 0 Å². The lowest BCUT2D eigenvalue weighted by Gasteiger charge is -2.39. The molecule has 5 heteroatoms. The first-order valence-corrected chi connectivity index (χ1v) is 8.20. The largest absolute Gasteiger partial charge is 0.397 e. The number of anilines is 1. The highest BCUT2D eigenvalue weighted by molar-refractivity contribution is 7.21. The number of carbonyl (C=O) groups excluding carboxylic acids is 1. The summed E-state index contributed by atoms with van der Waals surface area (Å²) in [6.45, 7) is 4.66. The maximum atomic E-state index is 12.8. The Morgan fingerprint density at radius 1 is 1.38 bits per heavy atom. The fourth-order valence-electron chi connectivity index (χ4n) is 2.94. The van der Waals surface area contributed by atoms with Crippen molar-refractivity contribution in [3.63, 3.8) is 0 Å². The molecular formula is C16H21N3OS. The van der Waals surface area contributed by atoms with Crippen molar-refractivity contribution in [2.75, 3.05) is 32.4 Å². The van der Waals surface area contributed by atoms with Crippen molar-refractivity contribution in [3.8, 4) is 0 Å². The molecule has 1 aliphatic heterocycles. The number of benzene rings is 1. The van der Waals surface area contributed by atoms with Gasteiger partial charge in [0.05, 0.1) is 5.69 Å². The molecule has 2 aromatic rings. The minimum atomic E-state index is 0.0836. The van der Waals surface area contributed by atoms with Gasteiger partial charge < -0.3 is 10.6 Å². The fourth-order valence-corrected chi connectivity index (χ4v) is 4.03. The zero-order chi connectivity index (χ0) is 15.0. The van der Waals surface area contributed by atoms with Gasteiger partial charge in [-0.1, -0.05) is 25.1 Å². The van der Waals surface area contributed by atoms with Crippen LogP contribution in [0.5, 0.6) is 0 Å². The van der Waals surface area contributed by atoms with Gasteiger partial charge in [0, 0.05) is 35.8 Å². The average molecular weight is 303 g/mol. The summed E-state index contributed by atoms with van der Waals surface area (Å²) in [7, 11) is 2.13. The Morgan fingerprint density at radius 2 is 2.14 bits per heavy atom. The third-order valence-electron chi connectivity index (χ3n) is 4.36. The SMILES string of the molecule is CCC1CN(C(=O)c2sc3ccccc3c2N)CCN1C. The van der Waals surface area contributed by atoms with Crippen LogP contribution >= 0.6 is 11.3 Å². The maximum Gasteiger partial charge on any atom is 0.266 e. The fraction of sp³-hybridized carbons (Fsp3) is 0.438. The van der Waals surface area contributed by atoms with E-state index in [1.807, 2.05) is 29.2 Å². The van der Waals surface area contributed by atoms with Crippen LogP contribution in [0.2, 0.25) is 0 Å². The predicted molar refractivity (Wildman–Crippen MR) is 88.8 cm³/mol. The molecule has 1 fully saturated rings. The van der Waals surface area contributed by atoms with Gasteiger partial charge in [-0.05, 0) is 19.5 Å². The lowest BCUT2D eigenvalue weighted by molar-refractivity contribution is 0.0547. The zero-order valence-corrected chi connectivity index (χ0v) is 13.3. The predicted octanol–water partition coefficient (Wildman–Crippen LogP) is 2.65. The van der Waals surface area contributed by atoms with Crippen LogP contribution in [0.3, 0.4) is 0 Å². The second-order valence-electron chi connectivity index (χ2n) is 5.63. The molecule has 0 radical (unpaired) electrons. The Kier molecular flexibility index (Phi) is 3.87. The van der Waals surface area contributed by atoms with Gasteiger partial charge in [0.2, 0.25) is 0 Å². The normalized spacial score (nSPS) is 20.1. The number of thiophene rings is 1. The van der Waals surface area contributed by atoms with Gasteiger partial charge in [-0.3, -0.25) is 9.69 Å². The van der Waals surface area contributed by atoms with E-state index in [0.717, 1.165) is 36.1 Å². The molecule has 1 atom stereocenters. The van der Waals surface area contributed by atoms with Crippen molar-refractivity contribution in [3.05, 3.63) is 29.1 Å². The lowest BCUT2D eigenvalue weighted by atomic mass is 10.1. The van der Waals surface area contributed by atoms with Crippen LogP contribution in [-0.2, 0) is 0 Å². The molecule has 1 unspecified atom stereocenters. The first kappa shape index (κ1) is 14.4. The average Bonchev–Trinajstić information content (AvgIpc) is 2.85. The number of carbonyl (C=O) groups is 1. The zero-order valence-electron chi connectivity index (χ0n) is 12.5. The second kappa shape index (κ2) is 5.66. The van der Waals surface area contributed by atoms with Crippen molar-refractivity contribution >= 4 is 33.0 Å². The number of hydrogen-bond donors (Lipinski definition) is 1. The van der Waals surface area contributed by atoms with E-state index in [1.54, 1.807) is 0 Å². The standard InChI is InChI=1S/C16H21N3OS/c1-3-11-10-19(9-8-18(11)2)16(20)15-14(17)12-6-4-5-7-13(12)21-15/h4-7,11H,3,8-10,17H2,1-2H3. The van der Waals surface area contributed by atoms with E-state index in [9.17, 15) is 4.79 Å². The monoisotopic (exact) mass is 303 g/mol. The number of likely N-dealkylation sites (N-methyl/N-ethyl adjacent to an activating group) is 1. The molecular weight excluding hydrogens is 282 g/mol. The Labute approximate surface area is 129 Å². The Balaban J connectivity index is 1.88. The number of amides is 1. The molecule has 0 bridgehead atoms. The summed E-state index contributed by atoms with van der Waals surface area (Å²) in [5.74, 6) is 0.0836. The summed E-state index contributed by atoms with van der Waals surface area (Å²) >= 11 is 1.51. The molecule has 1 aliphatic rings. The van der Waals surface area contributed by atoms with E-state index in [1.165, 1.54) is 11.3 Å². The van der Waals surface area contributed by atoms with Crippen LogP contribution in [0.4, 0.5) is 5.69 Å². The molecule has 1 saturated heterocycles. The first-order chi connectivity index (χ1) is 10.1. The van der Waals surface area contributed by atoms with Gasteiger partial charge in [-0.15, -0.1) is 11.3 Å². The molecule has 0 saturated carbocycles. The van der Waals surface area contributed by atoms with Crippen LogP contribution in [0.1, 0.15) is 23.0 Å². The Hall–Kier alpha value is -1.59. The van der Waals surface area contributed by atoms with E-state index in [4.69, 9.17) is 5.73 Å². The molecule has 2 heterocycles.